The van der Waals surface area contributed by atoms with Gasteiger partial charge in [-0.05, 0) is 35.4 Å². The first-order valence-electron chi connectivity index (χ1n) is 10.0. The second-order valence-electron chi connectivity index (χ2n) is 7.24. The molecule has 6 nitrogen and oxygen atoms in total. The fourth-order valence-electron chi connectivity index (χ4n) is 3.69. The monoisotopic (exact) mass is 414 g/mol. The molecule has 1 unspecified atom stereocenters. The van der Waals surface area contributed by atoms with Gasteiger partial charge in [0.05, 0.1) is 24.3 Å². The molecule has 0 saturated carbocycles. The molecule has 0 bridgehead atoms. The van der Waals surface area contributed by atoms with Gasteiger partial charge < -0.3 is 10.1 Å². The first-order chi connectivity index (χ1) is 15.1. The third-order valence-electron chi connectivity index (χ3n) is 5.33. The predicted molar refractivity (Wildman–Crippen MR) is 116 cm³/mol. The smallest absolute Gasteiger partial charge is 0.261 e. The molecular weight excluding hydrogens is 392 g/mol. The maximum absolute atomic E-state index is 12.8. The zero-order valence-electron chi connectivity index (χ0n) is 17.1. The van der Waals surface area contributed by atoms with Crippen molar-refractivity contribution < 1.29 is 19.1 Å². The van der Waals surface area contributed by atoms with Crippen molar-refractivity contribution in [3.05, 3.63) is 101 Å². The maximum Gasteiger partial charge on any atom is 0.261 e. The van der Waals surface area contributed by atoms with Gasteiger partial charge in [0, 0.05) is 13.0 Å². The molecule has 1 aliphatic heterocycles. The van der Waals surface area contributed by atoms with Crippen LogP contribution in [0.3, 0.4) is 0 Å². The number of nitrogens with zero attached hydrogens (tertiary/aromatic N) is 1. The third-order valence-corrected chi connectivity index (χ3v) is 5.33. The van der Waals surface area contributed by atoms with E-state index in [-0.39, 0.29) is 36.7 Å². The second-order valence-corrected chi connectivity index (χ2v) is 7.24. The fourth-order valence-corrected chi connectivity index (χ4v) is 3.69. The summed E-state index contributed by atoms with van der Waals surface area (Å²) >= 11 is 0. The van der Waals surface area contributed by atoms with Crippen LogP contribution in [0.1, 0.15) is 44.3 Å². The van der Waals surface area contributed by atoms with E-state index in [1.165, 1.54) is 0 Å². The summed E-state index contributed by atoms with van der Waals surface area (Å²) in [6.45, 7) is 0.0301. The number of methoxy groups -OCH3 is 1. The average Bonchev–Trinajstić information content (AvgIpc) is 3.06. The van der Waals surface area contributed by atoms with Crippen LogP contribution in [0.2, 0.25) is 0 Å². The molecule has 31 heavy (non-hydrogen) atoms. The van der Waals surface area contributed by atoms with Crippen LogP contribution in [0, 0.1) is 0 Å². The Kier molecular flexibility index (Phi) is 5.80. The Morgan fingerprint density at radius 2 is 1.39 bits per heavy atom. The van der Waals surface area contributed by atoms with Crippen molar-refractivity contribution in [2.45, 2.75) is 12.5 Å². The molecular formula is C25H22N2O4. The molecule has 0 fully saturated rings. The fraction of sp³-hybridized carbons (Fsp3) is 0.160. The molecule has 4 rings (SSSR count). The second kappa shape index (κ2) is 8.83. The highest BCUT2D eigenvalue weighted by Gasteiger charge is 2.35. The molecule has 3 aromatic rings. The average molecular weight is 414 g/mol. The van der Waals surface area contributed by atoms with Crippen molar-refractivity contribution in [2.24, 2.45) is 0 Å². The Morgan fingerprint density at radius 3 is 1.97 bits per heavy atom. The van der Waals surface area contributed by atoms with Crippen molar-refractivity contribution in [3.8, 4) is 5.75 Å². The van der Waals surface area contributed by atoms with Gasteiger partial charge in [-0.2, -0.15) is 0 Å². The van der Waals surface area contributed by atoms with E-state index in [4.69, 9.17) is 4.74 Å². The number of amides is 3. The number of benzene rings is 3. The Morgan fingerprint density at radius 1 is 0.839 bits per heavy atom. The van der Waals surface area contributed by atoms with Gasteiger partial charge in [-0.15, -0.1) is 0 Å². The van der Waals surface area contributed by atoms with Crippen LogP contribution in [0.4, 0.5) is 0 Å². The Labute approximate surface area is 180 Å². The zero-order valence-corrected chi connectivity index (χ0v) is 17.1. The van der Waals surface area contributed by atoms with Crippen molar-refractivity contribution in [3.63, 3.8) is 0 Å². The highest BCUT2D eigenvalue weighted by Crippen LogP contribution is 2.25. The lowest BCUT2D eigenvalue weighted by Gasteiger charge is -2.21. The summed E-state index contributed by atoms with van der Waals surface area (Å²) in [5.74, 6) is -0.236. The van der Waals surface area contributed by atoms with Gasteiger partial charge in [0.1, 0.15) is 5.75 Å². The number of nitrogens with one attached hydrogen (secondary N) is 1. The number of carbonyl (C=O) groups is 3. The number of carbonyl (C=O) groups excluding carboxylic acids is 3. The van der Waals surface area contributed by atoms with Crippen LogP contribution in [0.25, 0.3) is 0 Å². The van der Waals surface area contributed by atoms with Gasteiger partial charge >= 0.3 is 0 Å². The maximum atomic E-state index is 12.8. The quantitative estimate of drug-likeness (QED) is 0.600. The highest BCUT2D eigenvalue weighted by atomic mass is 16.5. The minimum Gasteiger partial charge on any atom is -0.497 e. The summed E-state index contributed by atoms with van der Waals surface area (Å²) in [6, 6.07) is 23.5. The summed E-state index contributed by atoms with van der Waals surface area (Å²) in [7, 11) is 1.60. The Bertz CT molecular complexity index is 1070. The Balaban J connectivity index is 1.47. The van der Waals surface area contributed by atoms with E-state index >= 15 is 0 Å². The van der Waals surface area contributed by atoms with Gasteiger partial charge in [-0.1, -0.05) is 54.6 Å². The molecule has 1 atom stereocenters. The van der Waals surface area contributed by atoms with Crippen LogP contribution >= 0.6 is 0 Å². The molecule has 0 spiro atoms. The summed E-state index contributed by atoms with van der Waals surface area (Å²) in [5.41, 5.74) is 2.60. The van der Waals surface area contributed by atoms with Crippen LogP contribution in [0.15, 0.2) is 78.9 Å². The topological polar surface area (TPSA) is 75.7 Å². The first-order valence-corrected chi connectivity index (χ1v) is 10.0. The molecule has 6 heteroatoms. The summed E-state index contributed by atoms with van der Waals surface area (Å²) in [4.78, 5) is 38.9. The van der Waals surface area contributed by atoms with E-state index in [1.54, 1.807) is 31.4 Å². The van der Waals surface area contributed by atoms with Crippen LogP contribution < -0.4 is 10.1 Å². The number of fused-ring (bicyclic) bond motifs is 1. The summed E-state index contributed by atoms with van der Waals surface area (Å²) in [6.07, 6.45) is 0.0188. The molecule has 156 valence electrons. The van der Waals surface area contributed by atoms with E-state index in [1.807, 2.05) is 54.6 Å². The largest absolute Gasteiger partial charge is 0.497 e. The van der Waals surface area contributed by atoms with Crippen LogP contribution in [0.5, 0.6) is 5.75 Å². The minimum atomic E-state index is -0.359. The van der Waals surface area contributed by atoms with Crippen LogP contribution in [-0.4, -0.2) is 36.3 Å². The molecule has 0 aliphatic carbocycles. The van der Waals surface area contributed by atoms with E-state index in [0.717, 1.165) is 21.8 Å². The van der Waals surface area contributed by atoms with Crippen LogP contribution in [-0.2, 0) is 4.79 Å². The third kappa shape index (κ3) is 4.19. The lowest BCUT2D eigenvalue weighted by atomic mass is 9.98. The molecule has 0 saturated heterocycles. The van der Waals surface area contributed by atoms with Gasteiger partial charge in [-0.3, -0.25) is 19.3 Å². The number of ether oxygens (including phenoxy) is 1. The summed E-state index contributed by atoms with van der Waals surface area (Å²) < 4.78 is 5.22. The van der Waals surface area contributed by atoms with E-state index < -0.39 is 0 Å². The molecule has 0 aromatic heterocycles. The zero-order chi connectivity index (χ0) is 21.8. The van der Waals surface area contributed by atoms with Gasteiger partial charge in [-0.25, -0.2) is 0 Å². The number of hydrogen-bond donors (Lipinski definition) is 1. The normalized spacial score (nSPS) is 13.6. The van der Waals surface area contributed by atoms with E-state index in [9.17, 15) is 14.4 Å². The van der Waals surface area contributed by atoms with Gasteiger partial charge in [0.25, 0.3) is 11.8 Å². The number of imide groups is 1. The molecule has 1 N–H and O–H groups in total. The van der Waals surface area contributed by atoms with Crippen molar-refractivity contribution in [1.82, 2.24) is 10.2 Å². The first kappa shape index (κ1) is 20.3. The van der Waals surface area contributed by atoms with Crippen molar-refractivity contribution in [1.29, 1.82) is 0 Å². The van der Waals surface area contributed by atoms with Gasteiger partial charge in [0.2, 0.25) is 5.91 Å². The standard InChI is InChI=1S/C25H22N2O4/c1-31-19-13-11-18(12-14-19)23(17-7-3-2-4-8-17)26-22(28)15-16-27-24(29)20-9-5-6-10-21(20)25(27)30/h2-14,23H,15-16H2,1H3,(H,26,28). The van der Waals surface area contributed by atoms with Crippen molar-refractivity contribution in [2.75, 3.05) is 13.7 Å². The minimum absolute atomic E-state index is 0.0188. The molecule has 0 radical (unpaired) electrons. The molecule has 1 aliphatic rings. The van der Waals surface area contributed by atoms with Gasteiger partial charge in [0.15, 0.2) is 0 Å². The molecule has 1 heterocycles. The van der Waals surface area contributed by atoms with E-state index in [0.29, 0.717) is 11.1 Å². The molecule has 3 aromatic carbocycles. The predicted octanol–water partition coefficient (Wildman–Crippen LogP) is 3.59. The molecule has 3 amide bonds. The Hall–Kier alpha value is -3.93. The lowest BCUT2D eigenvalue weighted by molar-refractivity contribution is -0.121. The highest BCUT2D eigenvalue weighted by molar-refractivity contribution is 6.21. The van der Waals surface area contributed by atoms with Crippen molar-refractivity contribution >= 4 is 17.7 Å². The number of hydrogen-bond acceptors (Lipinski definition) is 4. The SMILES string of the molecule is COc1ccc(C(NC(=O)CCN2C(=O)c3ccccc3C2=O)c2ccccc2)cc1. The summed E-state index contributed by atoms with van der Waals surface area (Å²) in [5, 5.41) is 3.03. The van der Waals surface area contributed by atoms with E-state index in [2.05, 4.69) is 5.32 Å². The number of rotatable bonds is 7. The lowest BCUT2D eigenvalue weighted by Crippen LogP contribution is -2.36.